The van der Waals surface area contributed by atoms with Gasteiger partial charge in [-0.15, -0.1) is 0 Å². The first-order valence-electron chi connectivity index (χ1n) is 5.84. The number of halogens is 1. The molecule has 0 aromatic carbocycles. The second-order valence-corrected chi connectivity index (χ2v) is 4.08. The highest BCUT2D eigenvalue weighted by Gasteiger charge is 1.98. The smallest absolute Gasteiger partial charge is 0.243 e. The van der Waals surface area contributed by atoms with Crippen molar-refractivity contribution in [1.82, 2.24) is 4.57 Å². The standard InChI is InChI=1S/C12H23N2.ClH/c1-3-4-5-6-7-8-9-14-11-10-13(2)12-14;/h10-12H,3-9H2,1-2H3;1H/q+1;/p-1. The third-order valence-electron chi connectivity index (χ3n) is 2.59. The van der Waals surface area contributed by atoms with Crippen molar-refractivity contribution in [3.63, 3.8) is 0 Å². The van der Waals surface area contributed by atoms with Crippen molar-refractivity contribution >= 4 is 0 Å². The minimum absolute atomic E-state index is 0. The fourth-order valence-corrected chi connectivity index (χ4v) is 1.71. The molecule has 0 unspecified atom stereocenters. The Morgan fingerprint density at radius 3 is 2.33 bits per heavy atom. The maximum atomic E-state index is 2.26. The number of hydrogen-bond acceptors (Lipinski definition) is 0. The van der Waals surface area contributed by atoms with Crippen LogP contribution in [-0.4, -0.2) is 4.57 Å². The SMILES string of the molecule is CCCCCCCC[n+]1ccn(C)c1.[Cl-]. The van der Waals surface area contributed by atoms with E-state index in [-0.39, 0.29) is 12.4 Å². The van der Waals surface area contributed by atoms with Crippen molar-refractivity contribution in [1.29, 1.82) is 0 Å². The fourth-order valence-electron chi connectivity index (χ4n) is 1.71. The van der Waals surface area contributed by atoms with Gasteiger partial charge in [0.05, 0.1) is 13.6 Å². The summed E-state index contributed by atoms with van der Waals surface area (Å²) >= 11 is 0. The summed E-state index contributed by atoms with van der Waals surface area (Å²) in [6, 6.07) is 0. The van der Waals surface area contributed by atoms with Crippen LogP contribution in [-0.2, 0) is 13.6 Å². The molecule has 0 fully saturated rings. The third kappa shape index (κ3) is 6.56. The third-order valence-corrected chi connectivity index (χ3v) is 2.59. The molecule has 0 radical (unpaired) electrons. The van der Waals surface area contributed by atoms with Crippen LogP contribution in [0.2, 0.25) is 0 Å². The molecule has 88 valence electrons. The van der Waals surface area contributed by atoms with Crippen LogP contribution < -0.4 is 17.0 Å². The van der Waals surface area contributed by atoms with Gasteiger partial charge in [0.1, 0.15) is 12.4 Å². The quantitative estimate of drug-likeness (QED) is 0.449. The topological polar surface area (TPSA) is 8.81 Å². The summed E-state index contributed by atoms with van der Waals surface area (Å²) in [5, 5.41) is 0. The van der Waals surface area contributed by atoms with Crippen LogP contribution in [0, 0.1) is 0 Å². The molecule has 0 aliphatic heterocycles. The van der Waals surface area contributed by atoms with Crippen LogP contribution in [0.1, 0.15) is 45.4 Å². The zero-order valence-electron chi connectivity index (χ0n) is 9.95. The normalized spacial score (nSPS) is 10.0. The molecular weight excluding hydrogens is 208 g/mol. The Labute approximate surface area is 99.7 Å². The molecule has 1 rings (SSSR count). The molecule has 0 saturated heterocycles. The lowest BCUT2D eigenvalue weighted by Gasteiger charge is -1.98. The van der Waals surface area contributed by atoms with E-state index in [2.05, 4.69) is 41.8 Å². The number of aromatic nitrogens is 2. The number of unbranched alkanes of at least 4 members (excludes halogenated alkanes) is 5. The van der Waals surface area contributed by atoms with E-state index in [4.69, 9.17) is 0 Å². The molecule has 0 atom stereocenters. The Bertz CT molecular complexity index is 246. The second-order valence-electron chi connectivity index (χ2n) is 4.08. The summed E-state index contributed by atoms with van der Waals surface area (Å²) in [6.07, 6.45) is 14.6. The number of hydrogen-bond donors (Lipinski definition) is 0. The minimum Gasteiger partial charge on any atom is -1.00 e. The Morgan fingerprint density at radius 1 is 1.07 bits per heavy atom. The van der Waals surface area contributed by atoms with Gasteiger partial charge in [-0.25, -0.2) is 9.13 Å². The highest BCUT2D eigenvalue weighted by Crippen LogP contribution is 2.04. The van der Waals surface area contributed by atoms with Gasteiger partial charge in [-0.1, -0.05) is 32.6 Å². The van der Waals surface area contributed by atoms with Crippen molar-refractivity contribution in [2.24, 2.45) is 7.05 Å². The van der Waals surface area contributed by atoms with E-state index in [0.717, 1.165) is 0 Å². The highest BCUT2D eigenvalue weighted by molar-refractivity contribution is 4.61. The lowest BCUT2D eigenvalue weighted by molar-refractivity contribution is -0.696. The number of imidazole rings is 1. The zero-order chi connectivity index (χ0) is 10.2. The average molecular weight is 231 g/mol. The van der Waals surface area contributed by atoms with Gasteiger partial charge in [-0.3, -0.25) is 0 Å². The molecule has 15 heavy (non-hydrogen) atoms. The van der Waals surface area contributed by atoms with Crippen molar-refractivity contribution in [3.05, 3.63) is 18.7 Å². The summed E-state index contributed by atoms with van der Waals surface area (Å²) in [6.45, 7) is 3.44. The fraction of sp³-hybridized carbons (Fsp3) is 0.750. The van der Waals surface area contributed by atoms with E-state index in [1.54, 1.807) is 0 Å². The van der Waals surface area contributed by atoms with Crippen LogP contribution in [0.25, 0.3) is 0 Å². The van der Waals surface area contributed by atoms with E-state index >= 15 is 0 Å². The summed E-state index contributed by atoms with van der Waals surface area (Å²) in [5.41, 5.74) is 0. The first-order valence-corrected chi connectivity index (χ1v) is 5.84. The molecule has 2 nitrogen and oxygen atoms in total. The summed E-state index contributed by atoms with van der Waals surface area (Å²) in [5.74, 6) is 0. The van der Waals surface area contributed by atoms with Gasteiger partial charge < -0.3 is 12.4 Å². The summed E-state index contributed by atoms with van der Waals surface area (Å²) in [7, 11) is 2.07. The highest BCUT2D eigenvalue weighted by atomic mass is 35.5. The molecule has 0 aliphatic rings. The maximum absolute atomic E-state index is 2.26. The molecule has 3 heteroatoms. The van der Waals surface area contributed by atoms with E-state index in [1.807, 2.05) is 0 Å². The summed E-state index contributed by atoms with van der Waals surface area (Å²) in [4.78, 5) is 0. The van der Waals surface area contributed by atoms with Gasteiger partial charge in [0.2, 0.25) is 6.33 Å². The Morgan fingerprint density at radius 2 is 1.73 bits per heavy atom. The van der Waals surface area contributed by atoms with Gasteiger partial charge in [0.25, 0.3) is 0 Å². The van der Waals surface area contributed by atoms with Gasteiger partial charge in [-0.2, -0.15) is 0 Å². The molecule has 0 spiro atoms. The predicted molar refractivity (Wildman–Crippen MR) is 59.0 cm³/mol. The van der Waals surface area contributed by atoms with E-state index in [9.17, 15) is 0 Å². The van der Waals surface area contributed by atoms with E-state index in [1.165, 1.54) is 45.1 Å². The molecule has 1 aromatic heterocycles. The van der Waals surface area contributed by atoms with Crippen LogP contribution >= 0.6 is 0 Å². The number of aryl methyl sites for hydroxylation is 2. The van der Waals surface area contributed by atoms with E-state index < -0.39 is 0 Å². The van der Waals surface area contributed by atoms with Crippen LogP contribution in [0.4, 0.5) is 0 Å². The van der Waals surface area contributed by atoms with Crippen LogP contribution in [0.5, 0.6) is 0 Å². The lowest BCUT2D eigenvalue weighted by Crippen LogP contribution is -3.00. The first-order chi connectivity index (χ1) is 6.83. The number of rotatable bonds is 7. The van der Waals surface area contributed by atoms with Crippen molar-refractivity contribution < 1.29 is 17.0 Å². The van der Waals surface area contributed by atoms with Gasteiger partial charge in [0, 0.05) is 0 Å². The van der Waals surface area contributed by atoms with Crippen LogP contribution in [0.3, 0.4) is 0 Å². The Balaban J connectivity index is 0.00000196. The molecule has 0 bridgehead atoms. The molecule has 0 aliphatic carbocycles. The van der Waals surface area contributed by atoms with Gasteiger partial charge in [0.15, 0.2) is 0 Å². The van der Waals surface area contributed by atoms with Crippen molar-refractivity contribution in [2.45, 2.75) is 52.0 Å². The Kier molecular flexibility index (Phi) is 8.49. The van der Waals surface area contributed by atoms with Crippen LogP contribution in [0.15, 0.2) is 18.7 Å². The van der Waals surface area contributed by atoms with Gasteiger partial charge in [-0.05, 0) is 12.8 Å². The monoisotopic (exact) mass is 230 g/mol. The molecule has 0 saturated carbocycles. The Hall–Kier alpha value is -0.500. The molecule has 0 N–H and O–H groups in total. The molecule has 1 aromatic rings. The second kappa shape index (κ2) is 8.78. The first kappa shape index (κ1) is 14.5. The molecule has 0 amide bonds. The molecular formula is C12H23ClN2. The van der Waals surface area contributed by atoms with Gasteiger partial charge >= 0.3 is 0 Å². The van der Waals surface area contributed by atoms with Crippen molar-refractivity contribution in [3.8, 4) is 0 Å². The largest absolute Gasteiger partial charge is 1.00 e. The lowest BCUT2D eigenvalue weighted by atomic mass is 10.1. The average Bonchev–Trinajstić information content (AvgIpc) is 2.58. The minimum atomic E-state index is 0. The number of nitrogens with zero attached hydrogens (tertiary/aromatic N) is 2. The van der Waals surface area contributed by atoms with Crippen molar-refractivity contribution in [2.75, 3.05) is 0 Å². The summed E-state index contributed by atoms with van der Waals surface area (Å²) < 4.78 is 4.36. The van der Waals surface area contributed by atoms with E-state index in [0.29, 0.717) is 0 Å². The zero-order valence-corrected chi connectivity index (χ0v) is 10.7. The maximum Gasteiger partial charge on any atom is 0.243 e. The molecule has 1 heterocycles. The predicted octanol–water partition coefficient (Wildman–Crippen LogP) is -0.323.